The molecule has 4 rings (SSSR count). The summed E-state index contributed by atoms with van der Waals surface area (Å²) in [5.41, 5.74) is 6.81. The van der Waals surface area contributed by atoms with Crippen molar-refractivity contribution in [3.05, 3.63) is 35.9 Å². The van der Waals surface area contributed by atoms with E-state index in [2.05, 4.69) is 4.90 Å². The van der Waals surface area contributed by atoms with Gasteiger partial charge in [0.25, 0.3) is 0 Å². The standard InChI is InChI=1S/C18H20N4O3/c19-17(23)14-11-16(20-15-4-2-1-3-13(14)15)21-7-5-12(6-8-21)22-9-10-25-18(22)24/h1-4,11-12H,5-10H2,(H2,19,23). The third-order valence-corrected chi connectivity index (χ3v) is 4.99. The molecule has 2 N–H and O–H groups in total. The van der Waals surface area contributed by atoms with Crippen LogP contribution in [0.1, 0.15) is 23.2 Å². The van der Waals surface area contributed by atoms with Crippen LogP contribution in [0.15, 0.2) is 30.3 Å². The molecule has 0 bridgehead atoms. The number of benzene rings is 1. The van der Waals surface area contributed by atoms with Gasteiger partial charge in [0.15, 0.2) is 0 Å². The van der Waals surface area contributed by atoms with Gasteiger partial charge in [0.05, 0.1) is 17.6 Å². The average Bonchev–Trinajstić information content (AvgIpc) is 3.07. The zero-order valence-corrected chi connectivity index (χ0v) is 13.9. The Balaban J connectivity index is 1.57. The minimum absolute atomic E-state index is 0.210. The maximum Gasteiger partial charge on any atom is 0.410 e. The van der Waals surface area contributed by atoms with Crippen LogP contribution in [0.4, 0.5) is 10.6 Å². The molecule has 0 saturated carbocycles. The lowest BCUT2D eigenvalue weighted by atomic mass is 10.0. The molecule has 2 saturated heterocycles. The third kappa shape index (κ3) is 2.86. The second-order valence-corrected chi connectivity index (χ2v) is 6.44. The second kappa shape index (κ2) is 6.23. The fourth-order valence-corrected chi connectivity index (χ4v) is 3.67. The number of primary amides is 1. The van der Waals surface area contributed by atoms with E-state index in [9.17, 15) is 9.59 Å². The smallest absolute Gasteiger partial charge is 0.410 e. The molecule has 0 atom stereocenters. The molecule has 3 heterocycles. The van der Waals surface area contributed by atoms with E-state index in [0.717, 1.165) is 42.7 Å². The molecule has 2 fully saturated rings. The number of para-hydroxylation sites is 1. The van der Waals surface area contributed by atoms with Crippen LogP contribution in [0.3, 0.4) is 0 Å². The first kappa shape index (κ1) is 15.7. The van der Waals surface area contributed by atoms with Gasteiger partial charge in [0.2, 0.25) is 5.91 Å². The van der Waals surface area contributed by atoms with Gasteiger partial charge in [0.1, 0.15) is 12.4 Å². The maximum atomic E-state index is 11.8. The largest absolute Gasteiger partial charge is 0.448 e. The fraction of sp³-hybridized carbons (Fsp3) is 0.389. The van der Waals surface area contributed by atoms with Crippen molar-refractivity contribution in [3.8, 4) is 0 Å². The van der Waals surface area contributed by atoms with E-state index in [1.54, 1.807) is 6.07 Å². The molecule has 0 unspecified atom stereocenters. The number of rotatable bonds is 3. The lowest BCUT2D eigenvalue weighted by molar-refractivity contribution is 0.100. The molecule has 0 radical (unpaired) electrons. The van der Waals surface area contributed by atoms with Crippen molar-refractivity contribution in [3.63, 3.8) is 0 Å². The van der Waals surface area contributed by atoms with Crippen molar-refractivity contribution in [1.29, 1.82) is 0 Å². The minimum atomic E-state index is -0.449. The molecule has 2 aliphatic heterocycles. The topological polar surface area (TPSA) is 88.8 Å². The Bertz CT molecular complexity index is 830. The van der Waals surface area contributed by atoms with E-state index in [1.807, 2.05) is 29.2 Å². The molecule has 0 spiro atoms. The van der Waals surface area contributed by atoms with E-state index >= 15 is 0 Å². The summed E-state index contributed by atoms with van der Waals surface area (Å²) in [7, 11) is 0. The number of nitrogens with zero attached hydrogens (tertiary/aromatic N) is 3. The van der Waals surface area contributed by atoms with Crippen molar-refractivity contribution in [1.82, 2.24) is 9.88 Å². The van der Waals surface area contributed by atoms with Crippen molar-refractivity contribution in [2.24, 2.45) is 5.73 Å². The quantitative estimate of drug-likeness (QED) is 0.919. The SMILES string of the molecule is NC(=O)c1cc(N2CCC(N3CCOC3=O)CC2)nc2ccccc12. The Morgan fingerprint density at radius 1 is 1.20 bits per heavy atom. The van der Waals surface area contributed by atoms with E-state index in [0.29, 0.717) is 18.7 Å². The Hall–Kier alpha value is -2.83. The third-order valence-electron chi connectivity index (χ3n) is 4.99. The van der Waals surface area contributed by atoms with Crippen LogP contribution in [0.5, 0.6) is 0 Å². The zero-order chi connectivity index (χ0) is 17.4. The predicted octanol–water partition coefficient (Wildman–Crippen LogP) is 1.75. The number of carbonyl (C=O) groups excluding carboxylic acids is 2. The first-order chi connectivity index (χ1) is 12.1. The number of aromatic nitrogens is 1. The van der Waals surface area contributed by atoms with Gasteiger partial charge in [-0.25, -0.2) is 9.78 Å². The molecule has 130 valence electrons. The number of carbonyl (C=O) groups is 2. The number of fused-ring (bicyclic) bond motifs is 1. The number of hydrogen-bond donors (Lipinski definition) is 1. The van der Waals surface area contributed by atoms with E-state index < -0.39 is 5.91 Å². The van der Waals surface area contributed by atoms with Crippen LogP contribution in [-0.2, 0) is 4.74 Å². The lowest BCUT2D eigenvalue weighted by Crippen LogP contribution is -2.45. The number of anilines is 1. The molecule has 0 aliphatic carbocycles. The van der Waals surface area contributed by atoms with Crippen molar-refractivity contribution in [2.75, 3.05) is 31.1 Å². The zero-order valence-electron chi connectivity index (χ0n) is 13.9. The number of amides is 2. The summed E-state index contributed by atoms with van der Waals surface area (Å²) in [6, 6.07) is 9.50. The van der Waals surface area contributed by atoms with Gasteiger partial charge in [-0.15, -0.1) is 0 Å². The highest BCUT2D eigenvalue weighted by Gasteiger charge is 2.32. The van der Waals surface area contributed by atoms with E-state index in [4.69, 9.17) is 15.5 Å². The number of hydrogen-bond acceptors (Lipinski definition) is 5. The van der Waals surface area contributed by atoms with Crippen LogP contribution in [0.2, 0.25) is 0 Å². The molecule has 2 amide bonds. The lowest BCUT2D eigenvalue weighted by Gasteiger charge is -2.36. The molecular formula is C18H20N4O3. The maximum absolute atomic E-state index is 11.8. The summed E-state index contributed by atoms with van der Waals surface area (Å²) in [5.74, 6) is 0.310. The van der Waals surface area contributed by atoms with Gasteiger partial charge in [0, 0.05) is 24.5 Å². The molecule has 2 aliphatic rings. The highest BCUT2D eigenvalue weighted by atomic mass is 16.6. The summed E-state index contributed by atoms with van der Waals surface area (Å²) >= 11 is 0. The molecule has 1 aromatic carbocycles. The van der Waals surface area contributed by atoms with Gasteiger partial charge in [-0.1, -0.05) is 18.2 Å². The van der Waals surface area contributed by atoms with Crippen LogP contribution in [-0.4, -0.2) is 54.2 Å². The fourth-order valence-electron chi connectivity index (χ4n) is 3.67. The van der Waals surface area contributed by atoms with E-state index in [-0.39, 0.29) is 12.1 Å². The first-order valence-electron chi connectivity index (χ1n) is 8.51. The molecule has 25 heavy (non-hydrogen) atoms. The highest BCUT2D eigenvalue weighted by molar-refractivity contribution is 6.06. The molecule has 7 heteroatoms. The highest BCUT2D eigenvalue weighted by Crippen LogP contribution is 2.27. The summed E-state index contributed by atoms with van der Waals surface area (Å²) in [6.07, 6.45) is 1.50. The summed E-state index contributed by atoms with van der Waals surface area (Å²) < 4.78 is 5.03. The van der Waals surface area contributed by atoms with Gasteiger partial charge in [-0.3, -0.25) is 4.79 Å². The first-order valence-corrected chi connectivity index (χ1v) is 8.51. The summed E-state index contributed by atoms with van der Waals surface area (Å²) in [4.78, 5) is 32.2. The van der Waals surface area contributed by atoms with Gasteiger partial charge < -0.3 is 20.3 Å². The predicted molar refractivity (Wildman–Crippen MR) is 93.5 cm³/mol. The van der Waals surface area contributed by atoms with Crippen LogP contribution in [0, 0.1) is 0 Å². The van der Waals surface area contributed by atoms with Crippen molar-refractivity contribution in [2.45, 2.75) is 18.9 Å². The summed E-state index contributed by atoms with van der Waals surface area (Å²) in [6.45, 7) is 2.70. The van der Waals surface area contributed by atoms with Crippen molar-refractivity contribution >= 4 is 28.7 Å². The number of nitrogens with two attached hydrogens (primary N) is 1. The second-order valence-electron chi connectivity index (χ2n) is 6.44. The molecule has 7 nitrogen and oxygen atoms in total. The molecule has 2 aromatic rings. The van der Waals surface area contributed by atoms with Gasteiger partial charge in [-0.2, -0.15) is 0 Å². The average molecular weight is 340 g/mol. The van der Waals surface area contributed by atoms with Crippen molar-refractivity contribution < 1.29 is 14.3 Å². The van der Waals surface area contributed by atoms with E-state index in [1.165, 1.54) is 0 Å². The van der Waals surface area contributed by atoms with Gasteiger partial charge >= 0.3 is 6.09 Å². The molecular weight excluding hydrogens is 320 g/mol. The summed E-state index contributed by atoms with van der Waals surface area (Å²) in [5, 5.41) is 0.772. The number of cyclic esters (lactones) is 1. The number of pyridine rings is 1. The normalized spacial score (nSPS) is 18.6. The molecule has 1 aromatic heterocycles. The van der Waals surface area contributed by atoms with Crippen LogP contribution < -0.4 is 10.6 Å². The monoisotopic (exact) mass is 340 g/mol. The number of ether oxygens (including phenoxy) is 1. The van der Waals surface area contributed by atoms with Crippen LogP contribution >= 0.6 is 0 Å². The van der Waals surface area contributed by atoms with Crippen LogP contribution in [0.25, 0.3) is 10.9 Å². The Morgan fingerprint density at radius 2 is 1.96 bits per heavy atom. The Morgan fingerprint density at radius 3 is 2.64 bits per heavy atom. The number of piperidine rings is 1. The Labute approximate surface area is 145 Å². The minimum Gasteiger partial charge on any atom is -0.448 e. The Kier molecular flexibility index (Phi) is 3.91. The van der Waals surface area contributed by atoms with Gasteiger partial charge in [-0.05, 0) is 25.0 Å².